The lowest BCUT2D eigenvalue weighted by Gasteiger charge is -2.05. The normalized spacial score (nSPS) is 10.5. The van der Waals surface area contributed by atoms with Crippen LogP contribution in [0.4, 0.5) is 4.39 Å². The summed E-state index contributed by atoms with van der Waals surface area (Å²) in [6, 6.07) is 0.875. The lowest BCUT2D eigenvalue weighted by molar-refractivity contribution is 0.0691. The second kappa shape index (κ2) is 5.09. The van der Waals surface area contributed by atoms with Crippen LogP contribution in [0.15, 0.2) is 24.4 Å². The van der Waals surface area contributed by atoms with E-state index in [0.717, 1.165) is 12.3 Å². The molecular formula is C10H10FNO3. The highest BCUT2D eigenvalue weighted by molar-refractivity contribution is 5.90. The molecule has 0 saturated heterocycles. The van der Waals surface area contributed by atoms with E-state index in [1.54, 1.807) is 19.1 Å². The molecule has 1 aromatic rings. The fourth-order valence-corrected chi connectivity index (χ4v) is 0.918. The Balaban J connectivity index is 2.90. The molecule has 5 heteroatoms. The molecule has 0 radical (unpaired) electrons. The number of aromatic nitrogens is 1. The summed E-state index contributed by atoms with van der Waals surface area (Å²) in [5.41, 5.74) is -0.278. The van der Waals surface area contributed by atoms with Crippen molar-refractivity contribution in [2.24, 2.45) is 0 Å². The molecule has 80 valence electrons. The predicted molar refractivity (Wildman–Crippen MR) is 51.5 cm³/mol. The van der Waals surface area contributed by atoms with Gasteiger partial charge in [-0.15, -0.1) is 0 Å². The number of rotatable bonds is 4. The molecule has 0 atom stereocenters. The summed E-state index contributed by atoms with van der Waals surface area (Å²) in [6.45, 7) is 2.01. The Morgan fingerprint density at radius 3 is 3.07 bits per heavy atom. The summed E-state index contributed by atoms with van der Waals surface area (Å²) < 4.78 is 17.7. The van der Waals surface area contributed by atoms with Crippen LogP contribution >= 0.6 is 0 Å². The summed E-state index contributed by atoms with van der Waals surface area (Å²) >= 11 is 0. The lowest BCUT2D eigenvalue weighted by Crippen LogP contribution is -2.05. The van der Waals surface area contributed by atoms with E-state index in [0.29, 0.717) is 0 Å². The lowest BCUT2D eigenvalue weighted by atomic mass is 10.3. The number of nitrogens with zero attached hydrogens (tertiary/aromatic N) is 1. The molecule has 0 amide bonds. The number of hydrogen-bond donors (Lipinski definition) is 1. The summed E-state index contributed by atoms with van der Waals surface area (Å²) in [5.74, 6) is -2.05. The standard InChI is InChI=1S/C10H10FNO3/c1-2-3-4-15-9-8(10(13)14)5-7(11)6-12-9/h2-3,5-6H,4H2,1H3,(H,13,14)/b3-2+. The third-order valence-corrected chi connectivity index (χ3v) is 1.60. The fraction of sp³-hybridized carbons (Fsp3) is 0.200. The second-order valence-electron chi connectivity index (χ2n) is 2.69. The Labute approximate surface area is 86.0 Å². The molecule has 0 aliphatic heterocycles. The van der Waals surface area contributed by atoms with Gasteiger partial charge in [-0.1, -0.05) is 12.2 Å². The monoisotopic (exact) mass is 211 g/mol. The Morgan fingerprint density at radius 2 is 2.47 bits per heavy atom. The van der Waals surface area contributed by atoms with Gasteiger partial charge in [0.15, 0.2) is 0 Å². The molecule has 4 nitrogen and oxygen atoms in total. The third kappa shape index (κ3) is 3.05. The number of hydrogen-bond acceptors (Lipinski definition) is 3. The van der Waals surface area contributed by atoms with E-state index in [4.69, 9.17) is 9.84 Å². The van der Waals surface area contributed by atoms with Crippen molar-refractivity contribution in [1.82, 2.24) is 4.98 Å². The summed E-state index contributed by atoms with van der Waals surface area (Å²) in [6.07, 6.45) is 4.36. The van der Waals surface area contributed by atoms with E-state index in [2.05, 4.69) is 4.98 Å². The topological polar surface area (TPSA) is 59.4 Å². The highest BCUT2D eigenvalue weighted by Crippen LogP contribution is 2.15. The Kier molecular flexibility index (Phi) is 3.79. The minimum Gasteiger partial charge on any atom is -0.477 e. The van der Waals surface area contributed by atoms with Gasteiger partial charge in [0.25, 0.3) is 0 Å². The minimum absolute atomic E-state index is 0.0815. The van der Waals surface area contributed by atoms with Gasteiger partial charge in [0.1, 0.15) is 18.0 Å². The Hall–Kier alpha value is -1.91. The number of aromatic carboxylic acids is 1. The molecule has 15 heavy (non-hydrogen) atoms. The van der Waals surface area contributed by atoms with Gasteiger partial charge in [0.05, 0.1) is 6.20 Å². The molecule has 0 aliphatic rings. The first-order valence-electron chi connectivity index (χ1n) is 4.28. The highest BCUT2D eigenvalue weighted by atomic mass is 19.1. The Morgan fingerprint density at radius 1 is 1.73 bits per heavy atom. The van der Waals surface area contributed by atoms with Crippen molar-refractivity contribution in [2.75, 3.05) is 6.61 Å². The number of halogens is 1. The van der Waals surface area contributed by atoms with E-state index in [-0.39, 0.29) is 18.1 Å². The maximum absolute atomic E-state index is 12.7. The van der Waals surface area contributed by atoms with Crippen LogP contribution in [0.3, 0.4) is 0 Å². The average molecular weight is 211 g/mol. The van der Waals surface area contributed by atoms with E-state index in [1.165, 1.54) is 0 Å². The van der Waals surface area contributed by atoms with Crippen LogP contribution in [-0.4, -0.2) is 22.7 Å². The van der Waals surface area contributed by atoms with E-state index >= 15 is 0 Å². The van der Waals surface area contributed by atoms with Gasteiger partial charge in [0.2, 0.25) is 5.88 Å². The van der Waals surface area contributed by atoms with Gasteiger partial charge in [-0.05, 0) is 13.0 Å². The van der Waals surface area contributed by atoms with E-state index in [9.17, 15) is 9.18 Å². The molecule has 0 saturated carbocycles. The first-order valence-corrected chi connectivity index (χ1v) is 4.28. The van der Waals surface area contributed by atoms with Crippen LogP contribution in [0.2, 0.25) is 0 Å². The number of carboxylic acid groups (broad SMARTS) is 1. The zero-order valence-electron chi connectivity index (χ0n) is 8.11. The van der Waals surface area contributed by atoms with Gasteiger partial charge in [-0.3, -0.25) is 0 Å². The Bertz CT molecular complexity index is 390. The minimum atomic E-state index is -1.27. The van der Waals surface area contributed by atoms with Crippen LogP contribution < -0.4 is 4.74 Å². The van der Waals surface area contributed by atoms with Gasteiger partial charge in [-0.2, -0.15) is 0 Å². The molecule has 1 aromatic heterocycles. The SMILES string of the molecule is C/C=C/COc1ncc(F)cc1C(=O)O. The van der Waals surface area contributed by atoms with Gasteiger partial charge < -0.3 is 9.84 Å². The van der Waals surface area contributed by atoms with E-state index in [1.807, 2.05) is 0 Å². The van der Waals surface area contributed by atoms with Crippen molar-refractivity contribution in [3.05, 3.63) is 35.8 Å². The maximum atomic E-state index is 12.7. The fourth-order valence-electron chi connectivity index (χ4n) is 0.918. The van der Waals surface area contributed by atoms with Crippen molar-refractivity contribution in [3.63, 3.8) is 0 Å². The second-order valence-corrected chi connectivity index (χ2v) is 2.69. The molecule has 0 spiro atoms. The summed E-state index contributed by atoms with van der Waals surface area (Å²) in [7, 11) is 0. The van der Waals surface area contributed by atoms with Crippen LogP contribution in [0, 0.1) is 5.82 Å². The first kappa shape index (κ1) is 11.2. The highest BCUT2D eigenvalue weighted by Gasteiger charge is 2.13. The number of ether oxygens (including phenoxy) is 1. The first-order chi connectivity index (χ1) is 7.15. The quantitative estimate of drug-likeness (QED) is 0.772. The molecule has 1 heterocycles. The van der Waals surface area contributed by atoms with Crippen molar-refractivity contribution < 1.29 is 19.0 Å². The zero-order valence-corrected chi connectivity index (χ0v) is 8.11. The van der Waals surface area contributed by atoms with Gasteiger partial charge in [-0.25, -0.2) is 14.2 Å². The van der Waals surface area contributed by atoms with E-state index < -0.39 is 11.8 Å². The largest absolute Gasteiger partial charge is 0.477 e. The van der Waals surface area contributed by atoms with Crippen LogP contribution in [0.25, 0.3) is 0 Å². The van der Waals surface area contributed by atoms with Crippen molar-refractivity contribution in [1.29, 1.82) is 0 Å². The maximum Gasteiger partial charge on any atom is 0.341 e. The number of allylic oxidation sites excluding steroid dienone is 1. The third-order valence-electron chi connectivity index (χ3n) is 1.60. The smallest absolute Gasteiger partial charge is 0.341 e. The average Bonchev–Trinajstić information content (AvgIpc) is 2.20. The number of pyridine rings is 1. The molecule has 1 N–H and O–H groups in total. The van der Waals surface area contributed by atoms with Crippen molar-refractivity contribution in [2.45, 2.75) is 6.92 Å². The van der Waals surface area contributed by atoms with Crippen LogP contribution in [0.5, 0.6) is 5.88 Å². The number of carbonyl (C=O) groups is 1. The molecule has 0 bridgehead atoms. The van der Waals surface area contributed by atoms with Crippen LogP contribution in [-0.2, 0) is 0 Å². The molecule has 0 aliphatic carbocycles. The zero-order chi connectivity index (χ0) is 11.3. The van der Waals surface area contributed by atoms with Gasteiger partial charge >= 0.3 is 5.97 Å². The van der Waals surface area contributed by atoms with Crippen molar-refractivity contribution >= 4 is 5.97 Å². The van der Waals surface area contributed by atoms with Gasteiger partial charge in [0, 0.05) is 0 Å². The summed E-state index contributed by atoms with van der Waals surface area (Å²) in [4.78, 5) is 14.3. The molecule has 0 fully saturated rings. The molecular weight excluding hydrogens is 201 g/mol. The predicted octanol–water partition coefficient (Wildman–Crippen LogP) is 1.87. The van der Waals surface area contributed by atoms with Crippen LogP contribution in [0.1, 0.15) is 17.3 Å². The number of carboxylic acids is 1. The van der Waals surface area contributed by atoms with Crippen molar-refractivity contribution in [3.8, 4) is 5.88 Å². The summed E-state index contributed by atoms with van der Waals surface area (Å²) in [5, 5.41) is 8.74. The molecule has 0 unspecified atom stereocenters. The molecule has 0 aromatic carbocycles. The molecule has 1 rings (SSSR count).